The third kappa shape index (κ3) is 3.57. The topological polar surface area (TPSA) is 66.4 Å². The van der Waals surface area contributed by atoms with Crippen LogP contribution in [0.25, 0.3) is 0 Å². The monoisotopic (exact) mass is 269 g/mol. The van der Waals surface area contributed by atoms with Gasteiger partial charge in [-0.15, -0.1) is 11.3 Å². The molecule has 0 unspecified atom stereocenters. The lowest BCUT2D eigenvalue weighted by atomic mass is 9.89. The standard InChI is InChI=1S/C13H19NO3S/c1-4-13(5-2,7-11(15)16)14-12(17)10-6-9(3)8-18-10/h6,8H,4-5,7H2,1-3H3,(H,14,17)(H,15,16). The fraction of sp³-hybridized carbons (Fsp3) is 0.538. The summed E-state index contributed by atoms with van der Waals surface area (Å²) in [5.41, 5.74) is 0.392. The molecule has 2 N–H and O–H groups in total. The van der Waals surface area contributed by atoms with Gasteiger partial charge in [-0.05, 0) is 36.8 Å². The molecule has 0 saturated carbocycles. The normalized spacial score (nSPS) is 11.3. The zero-order valence-electron chi connectivity index (χ0n) is 10.9. The quantitative estimate of drug-likeness (QED) is 0.834. The fourth-order valence-electron chi connectivity index (χ4n) is 1.86. The van der Waals surface area contributed by atoms with E-state index in [1.807, 2.05) is 32.2 Å². The number of rotatable bonds is 6. The van der Waals surface area contributed by atoms with Gasteiger partial charge in [0.15, 0.2) is 0 Å². The molecule has 1 aromatic heterocycles. The van der Waals surface area contributed by atoms with Gasteiger partial charge in [-0.3, -0.25) is 9.59 Å². The second-order valence-corrected chi connectivity index (χ2v) is 5.41. The van der Waals surface area contributed by atoms with Crippen LogP contribution in [0.4, 0.5) is 0 Å². The van der Waals surface area contributed by atoms with Crippen LogP contribution < -0.4 is 5.32 Å². The van der Waals surface area contributed by atoms with Gasteiger partial charge in [0.25, 0.3) is 5.91 Å². The molecule has 0 saturated heterocycles. The molecule has 1 amide bonds. The van der Waals surface area contributed by atoms with Gasteiger partial charge in [0.1, 0.15) is 0 Å². The molecule has 0 spiro atoms. The van der Waals surface area contributed by atoms with Crippen LogP contribution in [0.15, 0.2) is 11.4 Å². The summed E-state index contributed by atoms with van der Waals surface area (Å²) in [7, 11) is 0. The van der Waals surface area contributed by atoms with Crippen molar-refractivity contribution in [2.24, 2.45) is 0 Å². The number of aliphatic carboxylic acids is 1. The summed E-state index contributed by atoms with van der Waals surface area (Å²) < 4.78 is 0. The highest BCUT2D eigenvalue weighted by Crippen LogP contribution is 2.22. The van der Waals surface area contributed by atoms with E-state index in [9.17, 15) is 9.59 Å². The number of hydrogen-bond donors (Lipinski definition) is 2. The predicted molar refractivity (Wildman–Crippen MR) is 72.1 cm³/mol. The number of thiophene rings is 1. The number of carbonyl (C=O) groups is 2. The molecular weight excluding hydrogens is 250 g/mol. The summed E-state index contributed by atoms with van der Waals surface area (Å²) in [6.45, 7) is 5.72. The van der Waals surface area contributed by atoms with Gasteiger partial charge >= 0.3 is 5.97 Å². The van der Waals surface area contributed by atoms with Gasteiger partial charge in [-0.1, -0.05) is 13.8 Å². The van der Waals surface area contributed by atoms with Crippen molar-refractivity contribution in [2.45, 2.75) is 45.6 Å². The Morgan fingerprint density at radius 3 is 2.39 bits per heavy atom. The lowest BCUT2D eigenvalue weighted by molar-refractivity contribution is -0.138. The van der Waals surface area contributed by atoms with Crippen LogP contribution in [0.5, 0.6) is 0 Å². The Balaban J connectivity index is 2.83. The van der Waals surface area contributed by atoms with Crippen LogP contribution in [-0.4, -0.2) is 22.5 Å². The molecule has 0 fully saturated rings. The number of carboxylic acid groups (broad SMARTS) is 1. The van der Waals surface area contributed by atoms with E-state index in [0.29, 0.717) is 17.7 Å². The summed E-state index contributed by atoms with van der Waals surface area (Å²) >= 11 is 1.38. The molecule has 1 rings (SSSR count). The number of carbonyl (C=O) groups excluding carboxylic acids is 1. The molecule has 0 aromatic carbocycles. The molecule has 0 radical (unpaired) electrons. The average Bonchev–Trinajstić information content (AvgIpc) is 2.74. The average molecular weight is 269 g/mol. The highest BCUT2D eigenvalue weighted by atomic mass is 32.1. The van der Waals surface area contributed by atoms with Crippen molar-refractivity contribution in [3.63, 3.8) is 0 Å². The van der Waals surface area contributed by atoms with Gasteiger partial charge in [0.2, 0.25) is 0 Å². The van der Waals surface area contributed by atoms with E-state index in [0.717, 1.165) is 5.56 Å². The minimum atomic E-state index is -0.888. The first-order chi connectivity index (χ1) is 8.42. The van der Waals surface area contributed by atoms with Crippen molar-refractivity contribution in [1.29, 1.82) is 0 Å². The van der Waals surface area contributed by atoms with Gasteiger partial charge in [0.05, 0.1) is 16.8 Å². The van der Waals surface area contributed by atoms with Crippen molar-refractivity contribution in [3.05, 3.63) is 21.9 Å². The maximum absolute atomic E-state index is 12.1. The number of hydrogen-bond acceptors (Lipinski definition) is 3. The summed E-state index contributed by atoms with van der Waals surface area (Å²) in [5.74, 6) is -1.07. The van der Waals surface area contributed by atoms with Crippen molar-refractivity contribution in [2.75, 3.05) is 0 Å². The van der Waals surface area contributed by atoms with Crippen LogP contribution in [0.2, 0.25) is 0 Å². The van der Waals surface area contributed by atoms with Crippen molar-refractivity contribution in [1.82, 2.24) is 5.32 Å². The van der Waals surface area contributed by atoms with Crippen LogP contribution in [0.1, 0.15) is 48.3 Å². The summed E-state index contributed by atoms with van der Waals surface area (Å²) in [6, 6.07) is 1.82. The highest BCUT2D eigenvalue weighted by molar-refractivity contribution is 7.12. The molecule has 18 heavy (non-hydrogen) atoms. The molecule has 4 nitrogen and oxygen atoms in total. The Morgan fingerprint density at radius 2 is 2.00 bits per heavy atom. The third-order valence-corrected chi connectivity index (χ3v) is 4.22. The van der Waals surface area contributed by atoms with Crippen LogP contribution >= 0.6 is 11.3 Å². The van der Waals surface area contributed by atoms with Crippen molar-refractivity contribution in [3.8, 4) is 0 Å². The van der Waals surface area contributed by atoms with Gasteiger partial charge < -0.3 is 10.4 Å². The number of nitrogens with one attached hydrogen (secondary N) is 1. The Kier molecular flexibility index (Phi) is 4.90. The lowest BCUT2D eigenvalue weighted by Crippen LogP contribution is -2.48. The first kappa shape index (κ1) is 14.7. The largest absolute Gasteiger partial charge is 0.481 e. The van der Waals surface area contributed by atoms with Gasteiger partial charge in [0, 0.05) is 0 Å². The van der Waals surface area contributed by atoms with Crippen molar-refractivity contribution >= 4 is 23.2 Å². The first-order valence-electron chi connectivity index (χ1n) is 6.02. The van der Waals surface area contributed by atoms with Crippen LogP contribution in [0, 0.1) is 6.92 Å². The Morgan fingerprint density at radius 1 is 1.39 bits per heavy atom. The van der Waals surface area contributed by atoms with E-state index in [2.05, 4.69) is 5.32 Å². The first-order valence-corrected chi connectivity index (χ1v) is 6.90. The zero-order valence-corrected chi connectivity index (χ0v) is 11.8. The fourth-order valence-corrected chi connectivity index (χ4v) is 2.66. The molecule has 1 aromatic rings. The van der Waals surface area contributed by atoms with E-state index < -0.39 is 11.5 Å². The van der Waals surface area contributed by atoms with E-state index in [4.69, 9.17) is 5.11 Å². The molecule has 0 bridgehead atoms. The molecule has 1 heterocycles. The Bertz CT molecular complexity index is 435. The molecule has 0 aliphatic carbocycles. The lowest BCUT2D eigenvalue weighted by Gasteiger charge is -2.31. The smallest absolute Gasteiger partial charge is 0.305 e. The highest BCUT2D eigenvalue weighted by Gasteiger charge is 2.31. The summed E-state index contributed by atoms with van der Waals surface area (Å²) in [4.78, 5) is 23.6. The van der Waals surface area contributed by atoms with Crippen LogP contribution in [-0.2, 0) is 4.79 Å². The van der Waals surface area contributed by atoms with Crippen molar-refractivity contribution < 1.29 is 14.7 Å². The Hall–Kier alpha value is -1.36. The summed E-state index contributed by atoms with van der Waals surface area (Å²) in [6.07, 6.45) is 1.16. The number of amides is 1. The van der Waals surface area contributed by atoms with Crippen LogP contribution in [0.3, 0.4) is 0 Å². The molecule has 0 aliphatic rings. The molecule has 100 valence electrons. The SMILES string of the molecule is CCC(CC)(CC(=O)O)NC(=O)c1cc(C)cs1. The van der Waals surface area contributed by atoms with E-state index >= 15 is 0 Å². The Labute approximate surface area is 111 Å². The minimum absolute atomic E-state index is 0.0455. The molecule has 0 atom stereocenters. The molecular formula is C13H19NO3S. The number of aryl methyl sites for hydroxylation is 1. The summed E-state index contributed by atoms with van der Waals surface area (Å²) in [5, 5.41) is 13.7. The maximum atomic E-state index is 12.1. The van der Waals surface area contributed by atoms with E-state index in [1.165, 1.54) is 11.3 Å². The zero-order chi connectivity index (χ0) is 13.8. The van der Waals surface area contributed by atoms with E-state index in [-0.39, 0.29) is 12.3 Å². The third-order valence-electron chi connectivity index (χ3n) is 3.18. The minimum Gasteiger partial charge on any atom is -0.481 e. The van der Waals surface area contributed by atoms with E-state index in [1.54, 1.807) is 0 Å². The second kappa shape index (κ2) is 6.00. The second-order valence-electron chi connectivity index (χ2n) is 4.50. The molecule has 0 aliphatic heterocycles. The predicted octanol–water partition coefficient (Wildman–Crippen LogP) is 2.82. The number of carboxylic acids is 1. The maximum Gasteiger partial charge on any atom is 0.305 e. The van der Waals surface area contributed by atoms with Gasteiger partial charge in [-0.2, -0.15) is 0 Å². The molecule has 5 heteroatoms. The van der Waals surface area contributed by atoms with Gasteiger partial charge in [-0.25, -0.2) is 0 Å².